The normalized spacial score (nSPS) is 16.5. The summed E-state index contributed by atoms with van der Waals surface area (Å²) in [5.74, 6) is -1.68. The summed E-state index contributed by atoms with van der Waals surface area (Å²) in [5, 5.41) is 1.07. The Bertz CT molecular complexity index is 895. The Balaban J connectivity index is 1.61. The maximum atomic E-state index is 12.3. The molecule has 140 valence electrons. The average Bonchev–Trinajstić information content (AvgIpc) is 3.04. The van der Waals surface area contributed by atoms with Crippen LogP contribution in [0.4, 0.5) is 5.69 Å². The van der Waals surface area contributed by atoms with Gasteiger partial charge in [0, 0.05) is 34.3 Å². The van der Waals surface area contributed by atoms with Crippen molar-refractivity contribution in [1.82, 2.24) is 0 Å². The van der Waals surface area contributed by atoms with Gasteiger partial charge in [0.25, 0.3) is 0 Å². The van der Waals surface area contributed by atoms with E-state index in [1.165, 1.54) is 4.90 Å². The lowest BCUT2D eigenvalue weighted by atomic mass is 10.1. The minimum Gasteiger partial charge on any atom is -0.457 e. The second kappa shape index (κ2) is 8.11. The predicted molar refractivity (Wildman–Crippen MR) is 103 cm³/mol. The molecule has 0 spiro atoms. The molecule has 1 fully saturated rings. The number of hydrogen-bond acceptors (Lipinski definition) is 4. The maximum Gasteiger partial charge on any atom is 0.311 e. The predicted octanol–water partition coefficient (Wildman–Crippen LogP) is 4.08. The van der Waals surface area contributed by atoms with Crippen LogP contribution in [0.5, 0.6) is 0 Å². The van der Waals surface area contributed by atoms with Crippen LogP contribution in [-0.2, 0) is 14.3 Å². The lowest BCUT2D eigenvalue weighted by Crippen LogP contribution is -2.27. The van der Waals surface area contributed by atoms with Crippen LogP contribution in [-0.4, -0.2) is 30.8 Å². The number of nitrogens with zero attached hydrogens (tertiary/aromatic N) is 1. The van der Waals surface area contributed by atoms with Crippen LogP contribution < -0.4 is 4.90 Å². The third-order valence-electron chi connectivity index (χ3n) is 4.50. The molecule has 0 aliphatic carbocycles. The van der Waals surface area contributed by atoms with E-state index in [2.05, 4.69) is 0 Å². The maximum absolute atomic E-state index is 12.3. The molecule has 0 N–H and O–H groups in total. The SMILES string of the molecule is Cc1c(Cl)cccc1N1C[C@H](C(=O)OCC(=O)c2ccc(Cl)cc2)CC1=O. The zero-order valence-corrected chi connectivity index (χ0v) is 16.1. The van der Waals surface area contributed by atoms with E-state index in [0.29, 0.717) is 21.3 Å². The molecule has 1 aliphatic heterocycles. The number of carbonyl (C=O) groups is 3. The Kier molecular flexibility index (Phi) is 5.82. The highest BCUT2D eigenvalue weighted by molar-refractivity contribution is 6.32. The van der Waals surface area contributed by atoms with Gasteiger partial charge in [0.05, 0.1) is 5.92 Å². The smallest absolute Gasteiger partial charge is 0.311 e. The molecule has 1 saturated heterocycles. The number of rotatable bonds is 5. The fraction of sp³-hybridized carbons (Fsp3) is 0.250. The summed E-state index contributed by atoms with van der Waals surface area (Å²) in [5.41, 5.74) is 1.87. The minimum absolute atomic E-state index is 0.0416. The number of ketones is 1. The van der Waals surface area contributed by atoms with E-state index in [0.717, 1.165) is 5.56 Å². The molecule has 7 heteroatoms. The first-order valence-electron chi connectivity index (χ1n) is 8.37. The molecular weight excluding hydrogens is 389 g/mol. The Hall–Kier alpha value is -2.37. The molecule has 3 rings (SSSR count). The third-order valence-corrected chi connectivity index (χ3v) is 5.16. The summed E-state index contributed by atoms with van der Waals surface area (Å²) in [6, 6.07) is 11.6. The summed E-state index contributed by atoms with van der Waals surface area (Å²) in [6.07, 6.45) is 0.0416. The molecule has 5 nitrogen and oxygen atoms in total. The Morgan fingerprint density at radius 3 is 2.56 bits per heavy atom. The molecule has 0 aromatic heterocycles. The van der Waals surface area contributed by atoms with Crippen molar-refractivity contribution in [2.45, 2.75) is 13.3 Å². The van der Waals surface area contributed by atoms with Crippen molar-refractivity contribution >= 4 is 46.5 Å². The summed E-state index contributed by atoms with van der Waals surface area (Å²) in [7, 11) is 0. The van der Waals surface area contributed by atoms with E-state index in [1.54, 1.807) is 42.5 Å². The van der Waals surface area contributed by atoms with Gasteiger partial charge in [-0.2, -0.15) is 0 Å². The number of ether oxygens (including phenoxy) is 1. The molecule has 1 atom stereocenters. The first-order chi connectivity index (χ1) is 12.9. The fourth-order valence-corrected chi connectivity index (χ4v) is 3.26. The molecule has 27 heavy (non-hydrogen) atoms. The summed E-state index contributed by atoms with van der Waals surface area (Å²) < 4.78 is 5.13. The standard InChI is InChI=1S/C20H17Cl2NO4/c1-12-16(22)3-2-4-17(12)23-10-14(9-19(23)25)20(26)27-11-18(24)13-5-7-15(21)8-6-13/h2-8,14H,9-11H2,1H3/t14-/m1/s1. The monoisotopic (exact) mass is 405 g/mol. The van der Waals surface area contributed by atoms with Crippen molar-refractivity contribution in [2.24, 2.45) is 5.92 Å². The summed E-state index contributed by atoms with van der Waals surface area (Å²) in [6.45, 7) is 1.65. The first-order valence-corrected chi connectivity index (χ1v) is 9.13. The Labute approximate surface area is 166 Å². The number of anilines is 1. The van der Waals surface area contributed by atoms with Crippen molar-refractivity contribution in [1.29, 1.82) is 0 Å². The van der Waals surface area contributed by atoms with Gasteiger partial charge < -0.3 is 9.64 Å². The lowest BCUT2D eigenvalue weighted by molar-refractivity contribution is -0.147. The minimum atomic E-state index is -0.617. The Morgan fingerprint density at radius 2 is 1.85 bits per heavy atom. The second-order valence-electron chi connectivity index (χ2n) is 6.33. The van der Waals surface area contributed by atoms with Crippen molar-refractivity contribution in [3.8, 4) is 0 Å². The van der Waals surface area contributed by atoms with Crippen molar-refractivity contribution < 1.29 is 19.1 Å². The van der Waals surface area contributed by atoms with Gasteiger partial charge in [0.2, 0.25) is 5.91 Å². The third kappa shape index (κ3) is 4.31. The van der Waals surface area contributed by atoms with E-state index in [-0.39, 0.29) is 31.3 Å². The summed E-state index contributed by atoms with van der Waals surface area (Å²) in [4.78, 5) is 38.3. The molecule has 2 aromatic rings. The molecule has 1 aliphatic rings. The number of hydrogen-bond donors (Lipinski definition) is 0. The zero-order valence-electron chi connectivity index (χ0n) is 14.6. The number of benzene rings is 2. The number of halogens is 2. The first kappa shape index (κ1) is 19.4. The van der Waals surface area contributed by atoms with Gasteiger partial charge in [-0.3, -0.25) is 14.4 Å². The largest absolute Gasteiger partial charge is 0.457 e. The van der Waals surface area contributed by atoms with E-state index >= 15 is 0 Å². The van der Waals surface area contributed by atoms with Gasteiger partial charge in [-0.25, -0.2) is 0 Å². The highest BCUT2D eigenvalue weighted by atomic mass is 35.5. The van der Waals surface area contributed by atoms with Gasteiger partial charge in [0.1, 0.15) is 0 Å². The van der Waals surface area contributed by atoms with E-state index < -0.39 is 11.9 Å². The lowest BCUT2D eigenvalue weighted by Gasteiger charge is -2.19. The van der Waals surface area contributed by atoms with Crippen LogP contribution >= 0.6 is 23.2 Å². The quantitative estimate of drug-likeness (QED) is 0.555. The highest BCUT2D eigenvalue weighted by Gasteiger charge is 2.37. The Morgan fingerprint density at radius 1 is 1.15 bits per heavy atom. The molecule has 1 amide bonds. The molecule has 0 radical (unpaired) electrons. The number of Topliss-reactive ketones (excluding diaryl/α,β-unsaturated/α-hetero) is 1. The van der Waals surface area contributed by atoms with Crippen LogP contribution in [0.3, 0.4) is 0 Å². The van der Waals surface area contributed by atoms with Crippen LogP contribution in [0, 0.1) is 12.8 Å². The molecule has 0 bridgehead atoms. The fourth-order valence-electron chi connectivity index (χ4n) is 2.96. The van der Waals surface area contributed by atoms with Crippen LogP contribution in [0.15, 0.2) is 42.5 Å². The van der Waals surface area contributed by atoms with Crippen molar-refractivity contribution in [2.75, 3.05) is 18.1 Å². The molecular formula is C20H17Cl2NO4. The van der Waals surface area contributed by atoms with Crippen molar-refractivity contribution in [3.63, 3.8) is 0 Å². The molecule has 0 saturated carbocycles. The van der Waals surface area contributed by atoms with Gasteiger partial charge in [-0.05, 0) is 48.9 Å². The van der Waals surface area contributed by atoms with Crippen LogP contribution in [0.1, 0.15) is 22.3 Å². The second-order valence-corrected chi connectivity index (χ2v) is 7.17. The average molecular weight is 406 g/mol. The zero-order chi connectivity index (χ0) is 19.6. The van der Waals surface area contributed by atoms with Crippen LogP contribution in [0.2, 0.25) is 10.0 Å². The molecule has 0 unspecified atom stereocenters. The van der Waals surface area contributed by atoms with E-state index in [9.17, 15) is 14.4 Å². The number of esters is 1. The van der Waals surface area contributed by atoms with Crippen molar-refractivity contribution in [3.05, 3.63) is 63.6 Å². The number of amides is 1. The van der Waals surface area contributed by atoms with Gasteiger partial charge in [0.15, 0.2) is 12.4 Å². The van der Waals surface area contributed by atoms with Gasteiger partial charge in [-0.1, -0.05) is 29.3 Å². The van der Waals surface area contributed by atoms with Crippen LogP contribution in [0.25, 0.3) is 0 Å². The summed E-state index contributed by atoms with van der Waals surface area (Å²) >= 11 is 11.9. The highest BCUT2D eigenvalue weighted by Crippen LogP contribution is 2.31. The van der Waals surface area contributed by atoms with E-state index in [4.69, 9.17) is 27.9 Å². The topological polar surface area (TPSA) is 63.7 Å². The number of carbonyl (C=O) groups excluding carboxylic acids is 3. The molecule has 1 heterocycles. The van der Waals surface area contributed by atoms with Gasteiger partial charge in [-0.15, -0.1) is 0 Å². The molecule has 2 aromatic carbocycles. The van der Waals surface area contributed by atoms with E-state index in [1.807, 2.05) is 6.92 Å². The van der Waals surface area contributed by atoms with Gasteiger partial charge >= 0.3 is 5.97 Å².